The molecule has 104 valence electrons. The normalized spacial score (nSPS) is 22.4. The smallest absolute Gasteiger partial charge is 0.374 e. The van der Waals surface area contributed by atoms with Gasteiger partial charge in [0.2, 0.25) is 5.60 Å². The van der Waals surface area contributed by atoms with Crippen LogP contribution in [0.5, 0.6) is 0 Å². The molecule has 0 amide bonds. The number of carbonyl (C=O) groups excluding carboxylic acids is 1. The molecule has 0 aliphatic heterocycles. The van der Waals surface area contributed by atoms with Crippen LogP contribution in [0.2, 0.25) is 0 Å². The Labute approximate surface area is 109 Å². The van der Waals surface area contributed by atoms with Crippen molar-refractivity contribution in [3.05, 3.63) is 35.4 Å². The predicted molar refractivity (Wildman–Crippen MR) is 63.8 cm³/mol. The topological polar surface area (TPSA) is 37.3 Å². The number of aliphatic hydroxyl groups is 1. The van der Waals surface area contributed by atoms with E-state index in [4.69, 9.17) is 0 Å². The Morgan fingerprint density at radius 2 is 2.00 bits per heavy atom. The highest BCUT2D eigenvalue weighted by Gasteiger charge is 2.55. The molecule has 19 heavy (non-hydrogen) atoms. The first-order chi connectivity index (χ1) is 8.87. The summed E-state index contributed by atoms with van der Waals surface area (Å²) in [5.74, 6) is -0.429. The Hall–Kier alpha value is -1.36. The Bertz CT molecular complexity index is 470. The molecular weight excluding hydrogens is 257 g/mol. The number of aryl methyl sites for hydroxylation is 1. The summed E-state index contributed by atoms with van der Waals surface area (Å²) in [5.41, 5.74) is -1.42. The van der Waals surface area contributed by atoms with Gasteiger partial charge in [0.05, 0.1) is 0 Å². The van der Waals surface area contributed by atoms with Gasteiger partial charge < -0.3 is 5.11 Å². The van der Waals surface area contributed by atoms with Crippen LogP contribution >= 0.6 is 0 Å². The van der Waals surface area contributed by atoms with Gasteiger partial charge in [-0.25, -0.2) is 0 Å². The Morgan fingerprint density at radius 1 is 1.32 bits per heavy atom. The zero-order valence-corrected chi connectivity index (χ0v) is 10.3. The summed E-state index contributed by atoms with van der Waals surface area (Å²) in [7, 11) is 0. The molecule has 2 rings (SSSR count). The lowest BCUT2D eigenvalue weighted by Gasteiger charge is -2.32. The van der Waals surface area contributed by atoms with E-state index in [2.05, 4.69) is 0 Å². The first kappa shape index (κ1) is 14.1. The summed E-state index contributed by atoms with van der Waals surface area (Å²) >= 11 is 0. The van der Waals surface area contributed by atoms with E-state index in [1.807, 2.05) is 12.1 Å². The van der Waals surface area contributed by atoms with E-state index in [9.17, 15) is 23.1 Å². The van der Waals surface area contributed by atoms with Crippen LogP contribution in [-0.4, -0.2) is 23.2 Å². The molecule has 0 heterocycles. The van der Waals surface area contributed by atoms with E-state index in [1.54, 1.807) is 12.1 Å². The third-order valence-corrected chi connectivity index (χ3v) is 3.74. The molecule has 2 unspecified atom stereocenters. The third-order valence-electron chi connectivity index (χ3n) is 3.74. The van der Waals surface area contributed by atoms with Crippen molar-refractivity contribution in [3.8, 4) is 0 Å². The summed E-state index contributed by atoms with van der Waals surface area (Å²) in [6.45, 7) is 0. The number of halogens is 3. The highest BCUT2D eigenvalue weighted by molar-refractivity contribution is 5.64. The minimum atomic E-state index is -4.93. The van der Waals surface area contributed by atoms with E-state index in [0.717, 1.165) is 24.0 Å². The molecule has 1 N–H and O–H groups in total. The number of carbonyl (C=O) groups is 1. The van der Waals surface area contributed by atoms with Gasteiger partial charge in [0.25, 0.3) is 0 Å². The zero-order chi connectivity index (χ0) is 14.1. The minimum absolute atomic E-state index is 0.385. The van der Waals surface area contributed by atoms with Crippen molar-refractivity contribution in [2.24, 2.45) is 0 Å². The molecule has 1 aliphatic rings. The molecule has 2 nitrogen and oxygen atoms in total. The van der Waals surface area contributed by atoms with Crippen molar-refractivity contribution < 1.29 is 23.1 Å². The highest BCUT2D eigenvalue weighted by atomic mass is 19.4. The maximum atomic E-state index is 12.8. The van der Waals surface area contributed by atoms with Gasteiger partial charge in [-0.05, 0) is 42.7 Å². The van der Waals surface area contributed by atoms with Gasteiger partial charge >= 0.3 is 6.18 Å². The van der Waals surface area contributed by atoms with Crippen molar-refractivity contribution in [1.82, 2.24) is 0 Å². The van der Waals surface area contributed by atoms with Crippen molar-refractivity contribution >= 4 is 6.29 Å². The molecule has 0 spiro atoms. The predicted octanol–water partition coefficient (Wildman–Crippen LogP) is 2.99. The maximum absolute atomic E-state index is 12.8. The van der Waals surface area contributed by atoms with Crippen LogP contribution in [0.3, 0.4) is 0 Å². The second kappa shape index (κ2) is 4.96. The average Bonchev–Trinajstić information content (AvgIpc) is 2.38. The Balaban J connectivity index is 2.28. The Morgan fingerprint density at radius 3 is 2.63 bits per heavy atom. The summed E-state index contributed by atoms with van der Waals surface area (Å²) < 4.78 is 38.3. The van der Waals surface area contributed by atoms with E-state index in [-0.39, 0.29) is 6.29 Å². The summed E-state index contributed by atoms with van der Waals surface area (Å²) in [5, 5.41) is 9.54. The molecule has 1 aromatic rings. The summed E-state index contributed by atoms with van der Waals surface area (Å²) in [4.78, 5) is 10.7. The van der Waals surface area contributed by atoms with Crippen molar-refractivity contribution in [2.75, 3.05) is 0 Å². The van der Waals surface area contributed by atoms with E-state index in [0.29, 0.717) is 6.42 Å². The van der Waals surface area contributed by atoms with Gasteiger partial charge in [-0.3, -0.25) is 4.79 Å². The summed E-state index contributed by atoms with van der Waals surface area (Å²) in [6, 6.07) is 7.28. The van der Waals surface area contributed by atoms with Gasteiger partial charge in [-0.2, -0.15) is 13.2 Å². The number of rotatable bonds is 3. The van der Waals surface area contributed by atoms with Crippen molar-refractivity contribution in [2.45, 2.75) is 43.4 Å². The van der Waals surface area contributed by atoms with E-state index >= 15 is 0 Å². The molecular formula is C14H15F3O2. The molecule has 1 aliphatic carbocycles. The number of alkyl halides is 3. The SMILES string of the molecule is O=CC(O)(CC1CCCc2ccccc21)C(F)(F)F. The van der Waals surface area contributed by atoms with E-state index in [1.165, 1.54) is 0 Å². The molecule has 0 radical (unpaired) electrons. The molecule has 1 aromatic carbocycles. The lowest BCUT2D eigenvalue weighted by Crippen LogP contribution is -2.48. The average molecular weight is 272 g/mol. The molecule has 2 atom stereocenters. The molecule has 0 aromatic heterocycles. The molecule has 0 saturated carbocycles. The second-order valence-corrected chi connectivity index (χ2v) is 5.03. The largest absolute Gasteiger partial charge is 0.424 e. The number of aldehydes is 1. The van der Waals surface area contributed by atoms with Crippen LogP contribution in [-0.2, 0) is 11.2 Å². The van der Waals surface area contributed by atoms with Crippen LogP contribution in [0.1, 0.15) is 36.3 Å². The minimum Gasteiger partial charge on any atom is -0.374 e. The molecule has 5 heteroatoms. The summed E-state index contributed by atoms with van der Waals surface area (Å²) in [6.07, 6.45) is -3.75. The van der Waals surface area contributed by atoms with Gasteiger partial charge in [-0.1, -0.05) is 24.3 Å². The monoisotopic (exact) mass is 272 g/mol. The fraction of sp³-hybridized carbons (Fsp3) is 0.500. The lowest BCUT2D eigenvalue weighted by atomic mass is 9.77. The molecule has 0 saturated heterocycles. The van der Waals surface area contributed by atoms with Gasteiger partial charge in [0, 0.05) is 0 Å². The van der Waals surface area contributed by atoms with Crippen LogP contribution in [0, 0.1) is 0 Å². The van der Waals surface area contributed by atoms with Crippen LogP contribution in [0.25, 0.3) is 0 Å². The molecule has 0 bridgehead atoms. The van der Waals surface area contributed by atoms with E-state index < -0.39 is 24.1 Å². The third kappa shape index (κ3) is 2.66. The zero-order valence-electron chi connectivity index (χ0n) is 10.3. The van der Waals surface area contributed by atoms with Crippen LogP contribution < -0.4 is 0 Å². The fourth-order valence-electron chi connectivity index (χ4n) is 2.67. The number of hydrogen-bond donors (Lipinski definition) is 1. The number of fused-ring (bicyclic) bond motifs is 1. The first-order valence-electron chi connectivity index (χ1n) is 6.20. The second-order valence-electron chi connectivity index (χ2n) is 5.03. The molecule has 0 fully saturated rings. The number of benzene rings is 1. The van der Waals surface area contributed by atoms with Gasteiger partial charge in [0.1, 0.15) is 0 Å². The fourth-order valence-corrected chi connectivity index (χ4v) is 2.67. The number of hydrogen-bond acceptors (Lipinski definition) is 2. The maximum Gasteiger partial charge on any atom is 0.424 e. The van der Waals surface area contributed by atoms with Crippen molar-refractivity contribution in [3.63, 3.8) is 0 Å². The van der Waals surface area contributed by atoms with Gasteiger partial charge in [0.15, 0.2) is 6.29 Å². The Kier molecular flexibility index (Phi) is 3.67. The standard InChI is InChI=1S/C14H15F3O2/c15-14(16,17)13(19,9-18)8-11-6-3-5-10-4-1-2-7-12(10)11/h1-2,4,7,9,11,19H,3,5-6,8H2. The lowest BCUT2D eigenvalue weighted by molar-refractivity contribution is -0.248. The van der Waals surface area contributed by atoms with Crippen molar-refractivity contribution in [1.29, 1.82) is 0 Å². The quantitative estimate of drug-likeness (QED) is 0.859. The van der Waals surface area contributed by atoms with Crippen LogP contribution in [0.4, 0.5) is 13.2 Å². The van der Waals surface area contributed by atoms with Gasteiger partial charge in [-0.15, -0.1) is 0 Å². The first-order valence-corrected chi connectivity index (χ1v) is 6.20. The van der Waals surface area contributed by atoms with Crippen LogP contribution in [0.15, 0.2) is 24.3 Å². The highest BCUT2D eigenvalue weighted by Crippen LogP contribution is 2.41.